The molecule has 1 aliphatic rings. The number of aromatic nitrogens is 1. The van der Waals surface area contributed by atoms with Crippen molar-refractivity contribution in [1.82, 2.24) is 9.29 Å². The van der Waals surface area contributed by atoms with Crippen LogP contribution in [-0.2, 0) is 21.4 Å². The number of nitrogens with zero attached hydrogens (tertiary/aromatic N) is 2. The van der Waals surface area contributed by atoms with E-state index in [-0.39, 0.29) is 11.5 Å². The summed E-state index contributed by atoms with van der Waals surface area (Å²) in [6.45, 7) is -0.537. The van der Waals surface area contributed by atoms with Crippen molar-refractivity contribution in [2.24, 2.45) is 0 Å². The number of sulfonamides is 1. The molecule has 0 saturated carbocycles. The molecular formula is C21H20F3N3O4S2. The highest BCUT2D eigenvalue weighted by Crippen LogP contribution is 2.30. The van der Waals surface area contributed by atoms with Gasteiger partial charge in [-0.25, -0.2) is 13.4 Å². The lowest BCUT2D eigenvalue weighted by molar-refractivity contribution is -0.176. The molecule has 33 heavy (non-hydrogen) atoms. The molecule has 7 nitrogen and oxygen atoms in total. The summed E-state index contributed by atoms with van der Waals surface area (Å²) in [6, 6.07) is 10.7. The van der Waals surface area contributed by atoms with Crippen molar-refractivity contribution in [3.05, 3.63) is 53.6 Å². The topological polar surface area (TPSA) is 88.6 Å². The monoisotopic (exact) mass is 499 g/mol. The largest absolute Gasteiger partial charge is 0.411 e. The number of thiazole rings is 1. The van der Waals surface area contributed by atoms with Crippen LogP contribution in [0.1, 0.15) is 28.8 Å². The van der Waals surface area contributed by atoms with E-state index >= 15 is 0 Å². The molecule has 1 amide bonds. The van der Waals surface area contributed by atoms with Gasteiger partial charge in [-0.1, -0.05) is 23.5 Å². The van der Waals surface area contributed by atoms with E-state index in [0.29, 0.717) is 39.6 Å². The van der Waals surface area contributed by atoms with E-state index in [9.17, 15) is 26.4 Å². The molecule has 12 heteroatoms. The van der Waals surface area contributed by atoms with Crippen LogP contribution in [0, 0.1) is 0 Å². The van der Waals surface area contributed by atoms with Gasteiger partial charge in [-0.15, -0.1) is 0 Å². The Morgan fingerprint density at radius 1 is 1.12 bits per heavy atom. The SMILES string of the molecule is O=C(Nc1nc2ccc(S(=O)(=O)N3CCCC3)cc2s1)c1ccc(COCC(F)(F)F)cc1. The maximum Gasteiger partial charge on any atom is 0.411 e. The summed E-state index contributed by atoms with van der Waals surface area (Å²) < 4.78 is 68.7. The van der Waals surface area contributed by atoms with Crippen LogP contribution in [0.2, 0.25) is 0 Å². The van der Waals surface area contributed by atoms with E-state index in [2.05, 4.69) is 15.0 Å². The number of halogens is 3. The second kappa shape index (κ2) is 9.37. The average Bonchev–Trinajstić information content (AvgIpc) is 3.43. The minimum Gasteiger partial charge on any atom is -0.367 e. The predicted octanol–water partition coefficient (Wildman–Crippen LogP) is 4.41. The summed E-state index contributed by atoms with van der Waals surface area (Å²) in [5, 5.41) is 2.98. The predicted molar refractivity (Wildman–Crippen MR) is 118 cm³/mol. The number of anilines is 1. The number of carbonyl (C=O) groups excluding carboxylic acids is 1. The van der Waals surface area contributed by atoms with Crippen molar-refractivity contribution in [3.8, 4) is 0 Å². The van der Waals surface area contributed by atoms with Gasteiger partial charge >= 0.3 is 6.18 Å². The van der Waals surface area contributed by atoms with Gasteiger partial charge in [0.1, 0.15) is 6.61 Å². The molecule has 0 bridgehead atoms. The first kappa shape index (κ1) is 23.6. The van der Waals surface area contributed by atoms with Crippen LogP contribution in [0.5, 0.6) is 0 Å². The van der Waals surface area contributed by atoms with Crippen molar-refractivity contribution in [1.29, 1.82) is 0 Å². The lowest BCUT2D eigenvalue weighted by Crippen LogP contribution is -2.27. The second-order valence-corrected chi connectivity index (χ2v) is 10.5. The van der Waals surface area contributed by atoms with Crippen molar-refractivity contribution in [3.63, 3.8) is 0 Å². The van der Waals surface area contributed by atoms with Gasteiger partial charge in [0.15, 0.2) is 5.13 Å². The third-order valence-corrected chi connectivity index (χ3v) is 7.86. The summed E-state index contributed by atoms with van der Waals surface area (Å²) in [4.78, 5) is 17.0. The molecule has 1 fully saturated rings. The first-order valence-electron chi connectivity index (χ1n) is 10.1. The van der Waals surface area contributed by atoms with E-state index in [1.807, 2.05) is 0 Å². The molecular weight excluding hydrogens is 479 g/mol. The van der Waals surface area contributed by atoms with Crippen LogP contribution in [-0.4, -0.2) is 49.5 Å². The lowest BCUT2D eigenvalue weighted by Gasteiger charge is -2.15. The Bertz CT molecular complexity index is 1250. The normalized spacial score (nSPS) is 15.2. The Morgan fingerprint density at radius 2 is 1.82 bits per heavy atom. The molecule has 0 atom stereocenters. The van der Waals surface area contributed by atoms with Gasteiger partial charge in [-0.3, -0.25) is 10.1 Å². The summed E-state index contributed by atoms with van der Waals surface area (Å²) in [7, 11) is -3.55. The van der Waals surface area contributed by atoms with Crippen LogP contribution in [0.3, 0.4) is 0 Å². The minimum atomic E-state index is -4.39. The first-order valence-corrected chi connectivity index (χ1v) is 12.3. The van der Waals surface area contributed by atoms with E-state index in [0.717, 1.165) is 24.2 Å². The number of fused-ring (bicyclic) bond motifs is 1. The molecule has 3 aromatic rings. The van der Waals surface area contributed by atoms with E-state index in [1.54, 1.807) is 12.1 Å². The highest BCUT2D eigenvalue weighted by Gasteiger charge is 2.28. The van der Waals surface area contributed by atoms with Crippen LogP contribution in [0.4, 0.5) is 18.3 Å². The standard InChI is InChI=1S/C21H20F3N3O4S2/c22-21(23,24)13-31-12-14-3-5-15(6-4-14)19(28)26-20-25-17-8-7-16(11-18(17)32-20)33(29,30)27-9-1-2-10-27/h3-8,11H,1-2,9-10,12-13H2,(H,25,26,28). The second-order valence-electron chi connectivity index (χ2n) is 7.52. The summed E-state index contributed by atoms with van der Waals surface area (Å²) in [6.07, 6.45) is -2.70. The minimum absolute atomic E-state index is 0.196. The van der Waals surface area contributed by atoms with Gasteiger partial charge in [0, 0.05) is 18.7 Å². The van der Waals surface area contributed by atoms with Crippen LogP contribution in [0.25, 0.3) is 10.2 Å². The number of alkyl halides is 3. The van der Waals surface area contributed by atoms with Crippen molar-refractivity contribution in [2.45, 2.75) is 30.5 Å². The Labute approximate surface area is 192 Å². The zero-order chi connectivity index (χ0) is 23.6. The molecule has 2 aromatic carbocycles. The fourth-order valence-corrected chi connectivity index (χ4v) is 5.92. The Hall–Kier alpha value is -2.54. The van der Waals surface area contributed by atoms with E-state index in [4.69, 9.17) is 0 Å². The Morgan fingerprint density at radius 3 is 2.48 bits per heavy atom. The molecule has 0 aliphatic carbocycles. The molecule has 4 rings (SSSR count). The van der Waals surface area contributed by atoms with E-state index in [1.165, 1.54) is 34.6 Å². The number of amides is 1. The van der Waals surface area contributed by atoms with Crippen molar-refractivity contribution >= 4 is 42.6 Å². The zero-order valence-electron chi connectivity index (χ0n) is 17.3. The Kier molecular flexibility index (Phi) is 6.71. The number of nitrogens with one attached hydrogen (secondary N) is 1. The number of rotatable bonds is 7. The highest BCUT2D eigenvalue weighted by molar-refractivity contribution is 7.89. The molecule has 176 valence electrons. The molecule has 1 saturated heterocycles. The molecule has 0 unspecified atom stereocenters. The molecule has 1 N–H and O–H groups in total. The number of benzene rings is 2. The van der Waals surface area contributed by atoms with E-state index < -0.39 is 28.7 Å². The smallest absolute Gasteiger partial charge is 0.367 e. The van der Waals surface area contributed by atoms with Crippen molar-refractivity contribution in [2.75, 3.05) is 25.0 Å². The molecule has 1 aliphatic heterocycles. The number of hydrogen-bond donors (Lipinski definition) is 1. The third-order valence-electron chi connectivity index (χ3n) is 5.03. The molecule has 0 radical (unpaired) electrons. The Balaban J connectivity index is 1.42. The van der Waals surface area contributed by atoms with Crippen LogP contribution >= 0.6 is 11.3 Å². The fourth-order valence-electron chi connectivity index (χ4n) is 3.40. The van der Waals surface area contributed by atoms with Crippen LogP contribution < -0.4 is 5.32 Å². The fraction of sp³-hybridized carbons (Fsp3) is 0.333. The highest BCUT2D eigenvalue weighted by atomic mass is 32.2. The maximum absolute atomic E-state index is 12.8. The number of ether oxygens (including phenoxy) is 1. The van der Waals surface area contributed by atoms with Gasteiger partial charge in [-0.2, -0.15) is 17.5 Å². The number of carbonyl (C=O) groups is 1. The summed E-state index contributed by atoms with van der Waals surface area (Å²) >= 11 is 1.16. The third kappa shape index (κ3) is 5.69. The van der Waals surface area contributed by atoms with Crippen LogP contribution in [0.15, 0.2) is 47.4 Å². The van der Waals surface area contributed by atoms with Gasteiger partial charge in [0.05, 0.1) is 21.7 Å². The van der Waals surface area contributed by atoms with Crippen molar-refractivity contribution < 1.29 is 31.1 Å². The summed E-state index contributed by atoms with van der Waals surface area (Å²) in [5.74, 6) is -0.443. The average molecular weight is 500 g/mol. The van der Waals surface area contributed by atoms with Gasteiger partial charge in [-0.05, 0) is 48.7 Å². The number of hydrogen-bond acceptors (Lipinski definition) is 6. The quantitative estimate of drug-likeness (QED) is 0.520. The van der Waals surface area contributed by atoms with Gasteiger partial charge in [0.2, 0.25) is 10.0 Å². The summed E-state index contributed by atoms with van der Waals surface area (Å²) in [5.41, 5.74) is 1.36. The van der Waals surface area contributed by atoms with Gasteiger partial charge in [0.25, 0.3) is 5.91 Å². The van der Waals surface area contributed by atoms with Gasteiger partial charge < -0.3 is 4.74 Å². The maximum atomic E-state index is 12.8. The molecule has 0 spiro atoms. The lowest BCUT2D eigenvalue weighted by atomic mass is 10.1. The zero-order valence-corrected chi connectivity index (χ0v) is 18.9. The first-order chi connectivity index (χ1) is 15.6. The molecule has 1 aromatic heterocycles. The molecule has 2 heterocycles.